The molecule has 2 saturated heterocycles. The average Bonchev–Trinajstić information content (AvgIpc) is 3.64. The Morgan fingerprint density at radius 2 is 1.62 bits per heavy atom. The third kappa shape index (κ3) is 4.91. The van der Waals surface area contributed by atoms with Crippen molar-refractivity contribution in [3.8, 4) is 0 Å². The lowest BCUT2D eigenvalue weighted by atomic mass is 9.41. The maximum atomic E-state index is 15.0. The van der Waals surface area contributed by atoms with Crippen molar-refractivity contribution in [1.29, 1.82) is 0 Å². The molecule has 5 aliphatic carbocycles. The SMILES string of the molecule is CC(=O)OC1C(OC2CCC34CC35CCC3(C)C6C(C)CC(C(OC(C)=O)C(C)(C)O)OC6C(=O)C3(C)C5CCC4C2(C)C)OCC(O)C1O. The molecule has 16 atom stereocenters. The summed E-state index contributed by atoms with van der Waals surface area (Å²) in [4.78, 5) is 39.0. The molecule has 11 nitrogen and oxygen atoms in total. The summed E-state index contributed by atoms with van der Waals surface area (Å²) in [5.74, 6) is -0.0701. The summed E-state index contributed by atoms with van der Waals surface area (Å²) in [5.41, 5.74) is -2.20. The van der Waals surface area contributed by atoms with Crippen molar-refractivity contribution in [3.05, 3.63) is 0 Å². The van der Waals surface area contributed by atoms with Crippen molar-refractivity contribution in [3.63, 3.8) is 0 Å². The van der Waals surface area contributed by atoms with Crippen molar-refractivity contribution in [2.45, 2.75) is 168 Å². The van der Waals surface area contributed by atoms with Gasteiger partial charge in [-0.25, -0.2) is 0 Å². The van der Waals surface area contributed by atoms with Crippen LogP contribution < -0.4 is 0 Å². The Morgan fingerprint density at radius 3 is 2.26 bits per heavy atom. The van der Waals surface area contributed by atoms with Gasteiger partial charge in [-0.05, 0) is 105 Å². The third-order valence-corrected chi connectivity index (χ3v) is 15.9. The molecule has 16 unspecified atom stereocenters. The zero-order chi connectivity index (χ0) is 36.6. The number of hydrogen-bond acceptors (Lipinski definition) is 11. The highest BCUT2D eigenvalue weighted by Gasteiger charge is 2.85. The van der Waals surface area contributed by atoms with E-state index in [0.717, 1.165) is 44.9 Å². The molecule has 0 aromatic heterocycles. The van der Waals surface area contributed by atoms with Crippen LogP contribution in [0.15, 0.2) is 0 Å². The molecule has 282 valence electrons. The first kappa shape index (κ1) is 36.7. The Balaban J connectivity index is 1.14. The quantitative estimate of drug-likeness (QED) is 0.270. The smallest absolute Gasteiger partial charge is 0.303 e. The van der Waals surface area contributed by atoms with Gasteiger partial charge in [-0.15, -0.1) is 0 Å². The van der Waals surface area contributed by atoms with Crippen molar-refractivity contribution in [2.24, 2.45) is 50.7 Å². The van der Waals surface area contributed by atoms with E-state index < -0.39 is 65.9 Å². The van der Waals surface area contributed by atoms with E-state index in [9.17, 15) is 24.9 Å². The lowest BCUT2D eigenvalue weighted by Crippen LogP contribution is -2.61. The molecule has 0 radical (unpaired) electrons. The number of carbonyl (C=O) groups is 3. The van der Waals surface area contributed by atoms with Gasteiger partial charge >= 0.3 is 11.9 Å². The van der Waals surface area contributed by atoms with Crippen LogP contribution in [0.3, 0.4) is 0 Å². The Labute approximate surface area is 296 Å². The molecule has 2 spiro atoms. The molecule has 50 heavy (non-hydrogen) atoms. The second-order valence-electron chi connectivity index (χ2n) is 19.0. The van der Waals surface area contributed by atoms with Gasteiger partial charge < -0.3 is 39.0 Å². The largest absolute Gasteiger partial charge is 0.457 e. The molecule has 0 bridgehead atoms. The number of rotatable bonds is 6. The van der Waals surface area contributed by atoms with E-state index in [2.05, 4.69) is 34.6 Å². The fourth-order valence-corrected chi connectivity index (χ4v) is 13.7. The fourth-order valence-electron chi connectivity index (χ4n) is 13.7. The minimum atomic E-state index is -1.32. The normalized spacial score (nSPS) is 51.2. The Morgan fingerprint density at radius 1 is 0.960 bits per heavy atom. The number of carbonyl (C=O) groups excluding carboxylic acids is 3. The van der Waals surface area contributed by atoms with Crippen LogP contribution in [0.2, 0.25) is 0 Å². The fraction of sp³-hybridized carbons (Fsp3) is 0.923. The van der Waals surface area contributed by atoms with E-state index in [1.807, 2.05) is 0 Å². The predicted molar refractivity (Wildman–Crippen MR) is 179 cm³/mol. The van der Waals surface area contributed by atoms with Crippen molar-refractivity contribution < 1.29 is 53.4 Å². The molecule has 2 heterocycles. The molecule has 7 aliphatic rings. The van der Waals surface area contributed by atoms with Gasteiger partial charge in [-0.3, -0.25) is 14.4 Å². The standard InChI is InChI=1S/C39H60O11/c1-19-16-23(32(35(6,7)45)48-21(3)41)49-29-27(19)36(8)14-15-39-18-38(39)13-12-26(50-33-30(47-20(2)40)28(43)22(42)17-46-33)34(4,5)24(38)10-11-25(39)37(36,9)31(29)44/h19,22-30,32-33,42-43,45H,10-18H2,1-9H3. The molecule has 0 amide bonds. The number of hydrogen-bond donors (Lipinski definition) is 3. The van der Waals surface area contributed by atoms with Crippen LogP contribution in [-0.2, 0) is 38.1 Å². The van der Waals surface area contributed by atoms with Crippen LogP contribution in [0.25, 0.3) is 0 Å². The number of ketones is 1. The zero-order valence-corrected chi connectivity index (χ0v) is 31.4. The lowest BCUT2D eigenvalue weighted by Gasteiger charge is -2.62. The van der Waals surface area contributed by atoms with E-state index in [4.69, 9.17) is 23.7 Å². The maximum absolute atomic E-state index is 15.0. The van der Waals surface area contributed by atoms with E-state index in [1.54, 1.807) is 13.8 Å². The molecular formula is C39H60O11. The first-order valence-corrected chi connectivity index (χ1v) is 19.1. The van der Waals surface area contributed by atoms with E-state index in [0.29, 0.717) is 12.3 Å². The van der Waals surface area contributed by atoms with Crippen molar-refractivity contribution >= 4 is 17.7 Å². The van der Waals surface area contributed by atoms with Crippen LogP contribution in [0, 0.1) is 50.7 Å². The second-order valence-corrected chi connectivity index (χ2v) is 19.0. The Bertz CT molecular complexity index is 1410. The summed E-state index contributed by atoms with van der Waals surface area (Å²) >= 11 is 0. The molecule has 0 aromatic rings. The van der Waals surface area contributed by atoms with Crippen LogP contribution in [0.5, 0.6) is 0 Å². The van der Waals surface area contributed by atoms with Gasteiger partial charge in [0, 0.05) is 25.2 Å². The van der Waals surface area contributed by atoms with Crippen molar-refractivity contribution in [1.82, 2.24) is 0 Å². The van der Waals surface area contributed by atoms with Crippen LogP contribution in [0.1, 0.15) is 114 Å². The molecule has 0 aromatic carbocycles. The number of fused-ring (bicyclic) bond motifs is 4. The van der Waals surface area contributed by atoms with Gasteiger partial charge in [-0.2, -0.15) is 0 Å². The molecular weight excluding hydrogens is 644 g/mol. The Kier molecular flexibility index (Phi) is 8.58. The highest BCUT2D eigenvalue weighted by atomic mass is 16.7. The first-order chi connectivity index (χ1) is 23.2. The van der Waals surface area contributed by atoms with E-state index >= 15 is 4.79 Å². The summed E-state index contributed by atoms with van der Waals surface area (Å²) in [7, 11) is 0. The topological polar surface area (TPSA) is 158 Å². The minimum Gasteiger partial charge on any atom is -0.457 e. The molecule has 5 saturated carbocycles. The summed E-state index contributed by atoms with van der Waals surface area (Å²) in [6.45, 7) is 17.1. The summed E-state index contributed by atoms with van der Waals surface area (Å²) < 4.78 is 30.2. The first-order valence-electron chi connectivity index (χ1n) is 19.1. The maximum Gasteiger partial charge on any atom is 0.303 e. The van der Waals surface area contributed by atoms with Crippen LogP contribution in [0.4, 0.5) is 0 Å². The van der Waals surface area contributed by atoms with E-state index in [1.165, 1.54) is 13.8 Å². The Hall–Kier alpha value is -1.63. The minimum absolute atomic E-state index is 0.0518. The summed E-state index contributed by atoms with van der Waals surface area (Å²) in [6.07, 6.45) is 0.620. The van der Waals surface area contributed by atoms with Gasteiger partial charge in [0.2, 0.25) is 0 Å². The van der Waals surface area contributed by atoms with Gasteiger partial charge in [0.05, 0.1) is 24.4 Å². The average molecular weight is 705 g/mol. The molecule has 2 aliphatic heterocycles. The van der Waals surface area contributed by atoms with E-state index in [-0.39, 0.29) is 57.9 Å². The number of Topliss-reactive ketones (excluding diaryl/α,β-unsaturated/α-hetero) is 1. The second kappa shape index (κ2) is 11.7. The zero-order valence-electron chi connectivity index (χ0n) is 31.4. The van der Waals surface area contributed by atoms with Crippen LogP contribution in [-0.4, -0.2) is 94.3 Å². The highest BCUT2D eigenvalue weighted by Crippen LogP contribution is 2.89. The number of esters is 2. The molecule has 11 heteroatoms. The summed E-state index contributed by atoms with van der Waals surface area (Å²) in [5, 5.41) is 31.9. The third-order valence-electron chi connectivity index (χ3n) is 15.9. The van der Waals surface area contributed by atoms with Gasteiger partial charge in [0.1, 0.15) is 18.3 Å². The molecule has 7 fully saturated rings. The monoisotopic (exact) mass is 704 g/mol. The highest BCUT2D eigenvalue weighted by molar-refractivity contribution is 5.93. The lowest BCUT2D eigenvalue weighted by molar-refractivity contribution is -0.305. The van der Waals surface area contributed by atoms with Crippen molar-refractivity contribution in [2.75, 3.05) is 6.61 Å². The predicted octanol–water partition coefficient (Wildman–Crippen LogP) is 4.11. The summed E-state index contributed by atoms with van der Waals surface area (Å²) in [6, 6.07) is 0. The molecule has 3 N–H and O–H groups in total. The molecule has 7 rings (SSSR count). The van der Waals surface area contributed by atoms with Gasteiger partial charge in [0.15, 0.2) is 24.3 Å². The van der Waals surface area contributed by atoms with Crippen LogP contribution >= 0.6 is 0 Å². The number of ether oxygens (including phenoxy) is 5. The number of aliphatic hydroxyl groups excluding tert-OH is 2. The number of aliphatic hydroxyl groups is 3. The van der Waals surface area contributed by atoms with Gasteiger partial charge in [-0.1, -0.05) is 34.6 Å². The van der Waals surface area contributed by atoms with Gasteiger partial charge in [0.25, 0.3) is 0 Å².